The van der Waals surface area contributed by atoms with Crippen LogP contribution in [0.3, 0.4) is 0 Å². The van der Waals surface area contributed by atoms with Crippen molar-refractivity contribution in [2.75, 3.05) is 0 Å². The molecule has 0 saturated carbocycles. The van der Waals surface area contributed by atoms with Crippen molar-refractivity contribution in [2.24, 2.45) is 0 Å². The molecule has 2 nitrogen and oxygen atoms in total. The molecule has 0 aliphatic carbocycles. The van der Waals surface area contributed by atoms with Crippen LogP contribution < -0.4 is 0 Å². The van der Waals surface area contributed by atoms with Crippen molar-refractivity contribution in [3.05, 3.63) is 120 Å². The highest BCUT2D eigenvalue weighted by Crippen LogP contribution is 2.38. The number of halogens is 1. The summed E-state index contributed by atoms with van der Waals surface area (Å²) in [6.45, 7) is 0. The van der Waals surface area contributed by atoms with E-state index in [0.717, 1.165) is 20.9 Å². The Morgan fingerprint density at radius 1 is 0.559 bits per heavy atom. The fourth-order valence-electron chi connectivity index (χ4n) is 5.07. The molecule has 0 bridgehead atoms. The Hall–Kier alpha value is -3.95. The molecule has 3 heteroatoms. The predicted molar refractivity (Wildman–Crippen MR) is 147 cm³/mol. The Kier molecular flexibility index (Phi) is 4.33. The lowest BCUT2D eigenvalue weighted by molar-refractivity contribution is 1.18. The molecule has 0 fully saturated rings. The van der Waals surface area contributed by atoms with Gasteiger partial charge in [-0.05, 0) is 71.8 Å². The van der Waals surface area contributed by atoms with Crippen LogP contribution in [0.4, 0.5) is 0 Å². The summed E-state index contributed by atoms with van der Waals surface area (Å²) in [6.07, 6.45) is 0. The maximum absolute atomic E-state index is 4.92. The molecular weight excluding hydrogens is 480 g/mol. The maximum atomic E-state index is 4.92. The van der Waals surface area contributed by atoms with Crippen LogP contribution in [0, 0.1) is 0 Å². The molecule has 0 atom stereocenters. The van der Waals surface area contributed by atoms with Crippen LogP contribution >= 0.6 is 15.9 Å². The SMILES string of the molecule is Brc1ccc2c(c1)c1cc(-c3cccc4nc5ccccc5cc34)ccc1n2-c1ccccc1. The zero-order valence-electron chi connectivity index (χ0n) is 18.2. The zero-order chi connectivity index (χ0) is 22.6. The van der Waals surface area contributed by atoms with Gasteiger partial charge in [-0.1, -0.05) is 70.5 Å². The summed E-state index contributed by atoms with van der Waals surface area (Å²) in [4.78, 5) is 4.92. The van der Waals surface area contributed by atoms with Crippen LogP contribution in [0.5, 0.6) is 0 Å². The molecule has 5 aromatic carbocycles. The lowest BCUT2D eigenvalue weighted by Crippen LogP contribution is -1.93. The summed E-state index contributed by atoms with van der Waals surface area (Å²) in [6, 6.07) is 40.9. The van der Waals surface area contributed by atoms with Gasteiger partial charge in [0.2, 0.25) is 0 Å². The van der Waals surface area contributed by atoms with Crippen molar-refractivity contribution < 1.29 is 0 Å². The second kappa shape index (κ2) is 7.54. The number of fused-ring (bicyclic) bond motifs is 5. The Morgan fingerprint density at radius 3 is 2.18 bits per heavy atom. The molecule has 2 aromatic heterocycles. The van der Waals surface area contributed by atoms with E-state index in [1.165, 1.54) is 44.0 Å². The third-order valence-corrected chi connectivity index (χ3v) is 7.11. The molecule has 0 spiro atoms. The van der Waals surface area contributed by atoms with Crippen molar-refractivity contribution in [1.82, 2.24) is 9.55 Å². The zero-order valence-corrected chi connectivity index (χ0v) is 19.8. The second-order valence-corrected chi connectivity index (χ2v) is 9.53. The predicted octanol–water partition coefficient (Wildman–Crippen LogP) is 8.91. The van der Waals surface area contributed by atoms with E-state index >= 15 is 0 Å². The van der Waals surface area contributed by atoms with Gasteiger partial charge in [0.25, 0.3) is 0 Å². The van der Waals surface area contributed by atoms with Crippen molar-refractivity contribution >= 4 is 59.5 Å². The second-order valence-electron chi connectivity index (χ2n) is 8.62. The Balaban J connectivity index is 1.53. The van der Waals surface area contributed by atoms with Gasteiger partial charge < -0.3 is 4.57 Å². The molecule has 160 valence electrons. The molecular formula is C31H19BrN2. The first-order valence-corrected chi connectivity index (χ1v) is 12.1. The van der Waals surface area contributed by atoms with E-state index < -0.39 is 0 Å². The molecule has 0 N–H and O–H groups in total. The molecule has 0 unspecified atom stereocenters. The highest BCUT2D eigenvalue weighted by Gasteiger charge is 2.15. The molecule has 2 heterocycles. The summed E-state index contributed by atoms with van der Waals surface area (Å²) in [5, 5.41) is 4.81. The topological polar surface area (TPSA) is 17.8 Å². The van der Waals surface area contributed by atoms with Gasteiger partial charge in [-0.25, -0.2) is 4.98 Å². The molecule has 0 amide bonds. The largest absolute Gasteiger partial charge is 0.309 e. The van der Waals surface area contributed by atoms with Crippen molar-refractivity contribution in [3.8, 4) is 16.8 Å². The fourth-order valence-corrected chi connectivity index (χ4v) is 5.43. The van der Waals surface area contributed by atoms with Crippen LogP contribution in [-0.2, 0) is 0 Å². The Labute approximate surface area is 205 Å². The highest BCUT2D eigenvalue weighted by atomic mass is 79.9. The third-order valence-electron chi connectivity index (χ3n) is 6.61. The Bertz CT molecular complexity index is 1870. The number of aromatic nitrogens is 2. The monoisotopic (exact) mass is 498 g/mol. The highest BCUT2D eigenvalue weighted by molar-refractivity contribution is 9.10. The summed E-state index contributed by atoms with van der Waals surface area (Å²) in [7, 11) is 0. The lowest BCUT2D eigenvalue weighted by atomic mass is 9.98. The molecule has 0 radical (unpaired) electrons. The first-order chi connectivity index (χ1) is 16.8. The van der Waals surface area contributed by atoms with E-state index in [0.29, 0.717) is 0 Å². The molecule has 0 saturated heterocycles. The number of rotatable bonds is 2. The number of benzene rings is 5. The number of hydrogen-bond acceptors (Lipinski definition) is 1. The first-order valence-electron chi connectivity index (χ1n) is 11.3. The van der Waals surface area contributed by atoms with Crippen LogP contribution in [0.15, 0.2) is 120 Å². The third kappa shape index (κ3) is 2.98. The van der Waals surface area contributed by atoms with E-state index in [1.54, 1.807) is 0 Å². The average Bonchev–Trinajstić information content (AvgIpc) is 3.20. The van der Waals surface area contributed by atoms with E-state index in [2.05, 4.69) is 130 Å². The Morgan fingerprint density at radius 2 is 1.29 bits per heavy atom. The molecule has 7 rings (SSSR count). The van der Waals surface area contributed by atoms with Crippen LogP contribution in [0.1, 0.15) is 0 Å². The number of para-hydroxylation sites is 2. The quantitative estimate of drug-likeness (QED) is 0.217. The minimum Gasteiger partial charge on any atom is -0.309 e. The van der Waals surface area contributed by atoms with Gasteiger partial charge in [-0.15, -0.1) is 0 Å². The van der Waals surface area contributed by atoms with Gasteiger partial charge in [0.15, 0.2) is 0 Å². The van der Waals surface area contributed by atoms with Gasteiger partial charge in [0, 0.05) is 31.7 Å². The first kappa shape index (κ1) is 19.5. The standard InChI is InChI=1S/C31H19BrN2/c32-22-14-16-31-27(19-22)26-17-20(13-15-30(26)34(31)23-8-2-1-3-9-23)24-10-6-12-29-25(24)18-21-7-4-5-11-28(21)33-29/h1-19H. The lowest BCUT2D eigenvalue weighted by Gasteiger charge is -2.10. The molecule has 0 aliphatic heterocycles. The molecule has 34 heavy (non-hydrogen) atoms. The summed E-state index contributed by atoms with van der Waals surface area (Å²) >= 11 is 3.69. The van der Waals surface area contributed by atoms with E-state index in [1.807, 2.05) is 6.07 Å². The van der Waals surface area contributed by atoms with Gasteiger partial charge in [-0.2, -0.15) is 0 Å². The smallest absolute Gasteiger partial charge is 0.0715 e. The van der Waals surface area contributed by atoms with Crippen molar-refractivity contribution in [2.45, 2.75) is 0 Å². The minimum atomic E-state index is 1.02. The van der Waals surface area contributed by atoms with Gasteiger partial charge in [0.1, 0.15) is 0 Å². The van der Waals surface area contributed by atoms with Gasteiger partial charge in [0.05, 0.1) is 22.1 Å². The molecule has 0 aliphatic rings. The van der Waals surface area contributed by atoms with Crippen LogP contribution in [0.2, 0.25) is 0 Å². The minimum absolute atomic E-state index is 1.02. The molecule has 7 aromatic rings. The van der Waals surface area contributed by atoms with Crippen LogP contribution in [-0.4, -0.2) is 9.55 Å². The van der Waals surface area contributed by atoms with Crippen molar-refractivity contribution in [3.63, 3.8) is 0 Å². The number of hydrogen-bond donors (Lipinski definition) is 0. The fraction of sp³-hybridized carbons (Fsp3) is 0. The van der Waals surface area contributed by atoms with Crippen molar-refractivity contribution in [1.29, 1.82) is 0 Å². The van der Waals surface area contributed by atoms with Gasteiger partial charge >= 0.3 is 0 Å². The van der Waals surface area contributed by atoms with E-state index in [4.69, 9.17) is 4.98 Å². The summed E-state index contributed by atoms with van der Waals surface area (Å²) < 4.78 is 3.43. The number of pyridine rings is 1. The van der Waals surface area contributed by atoms with Gasteiger partial charge in [-0.3, -0.25) is 0 Å². The summed E-state index contributed by atoms with van der Waals surface area (Å²) in [5.74, 6) is 0. The summed E-state index contributed by atoms with van der Waals surface area (Å²) in [5.41, 5.74) is 8.01. The average molecular weight is 499 g/mol. The van der Waals surface area contributed by atoms with E-state index in [-0.39, 0.29) is 0 Å². The maximum Gasteiger partial charge on any atom is 0.0715 e. The van der Waals surface area contributed by atoms with E-state index in [9.17, 15) is 0 Å². The normalized spacial score (nSPS) is 11.7. The van der Waals surface area contributed by atoms with Crippen LogP contribution in [0.25, 0.3) is 60.4 Å². The number of nitrogens with zero attached hydrogens (tertiary/aromatic N) is 2.